The van der Waals surface area contributed by atoms with E-state index in [1.807, 2.05) is 0 Å². The van der Waals surface area contributed by atoms with Crippen LogP contribution in [0, 0.1) is 0 Å². The highest BCUT2D eigenvalue weighted by Crippen LogP contribution is 2.09. The molecular formula is C10H13ClN4O2. The lowest BCUT2D eigenvalue weighted by Crippen LogP contribution is -2.03. The Balaban J connectivity index is 2.22. The summed E-state index contributed by atoms with van der Waals surface area (Å²) in [6, 6.07) is 3.20. The molecule has 0 radical (unpaired) electrons. The van der Waals surface area contributed by atoms with Gasteiger partial charge >= 0.3 is 5.97 Å². The normalized spacial score (nSPS) is 10.7. The van der Waals surface area contributed by atoms with Gasteiger partial charge in [-0.2, -0.15) is 5.11 Å². The molecule has 0 saturated heterocycles. The van der Waals surface area contributed by atoms with E-state index >= 15 is 0 Å². The molecule has 0 aromatic carbocycles. The molecule has 1 heterocycles. The van der Waals surface area contributed by atoms with Gasteiger partial charge < -0.3 is 4.74 Å². The van der Waals surface area contributed by atoms with E-state index in [1.54, 1.807) is 19.1 Å². The molecule has 0 amide bonds. The minimum atomic E-state index is -0.214. The summed E-state index contributed by atoms with van der Waals surface area (Å²) in [6.07, 6.45) is 0.947. The minimum absolute atomic E-state index is 0.214. The molecule has 0 atom stereocenters. The van der Waals surface area contributed by atoms with Crippen molar-refractivity contribution in [1.82, 2.24) is 10.2 Å². The number of aromatic nitrogens is 2. The molecule has 7 heteroatoms. The number of halogens is 1. The van der Waals surface area contributed by atoms with Crippen molar-refractivity contribution in [3.63, 3.8) is 0 Å². The summed E-state index contributed by atoms with van der Waals surface area (Å²) in [7, 11) is 0. The average molecular weight is 257 g/mol. The number of rotatable bonds is 6. The van der Waals surface area contributed by atoms with Crippen LogP contribution in [0.25, 0.3) is 0 Å². The van der Waals surface area contributed by atoms with Crippen LogP contribution in [-0.2, 0) is 9.53 Å². The molecule has 92 valence electrons. The Bertz CT molecular complexity index is 380. The van der Waals surface area contributed by atoms with Gasteiger partial charge in [-0.1, -0.05) is 11.6 Å². The Labute approximate surface area is 104 Å². The summed E-state index contributed by atoms with van der Waals surface area (Å²) in [5, 5.41) is 15.3. The first-order valence-electron chi connectivity index (χ1n) is 5.24. The zero-order valence-corrected chi connectivity index (χ0v) is 10.2. The zero-order valence-electron chi connectivity index (χ0n) is 9.47. The van der Waals surface area contributed by atoms with Crippen LogP contribution in [0.5, 0.6) is 0 Å². The van der Waals surface area contributed by atoms with Gasteiger partial charge in [-0.15, -0.1) is 15.3 Å². The van der Waals surface area contributed by atoms with E-state index < -0.39 is 0 Å². The summed E-state index contributed by atoms with van der Waals surface area (Å²) >= 11 is 5.56. The first-order valence-corrected chi connectivity index (χ1v) is 5.62. The molecule has 1 aromatic rings. The van der Waals surface area contributed by atoms with Gasteiger partial charge in [-0.05, 0) is 25.5 Å². The van der Waals surface area contributed by atoms with Gasteiger partial charge in [0.25, 0.3) is 0 Å². The van der Waals surface area contributed by atoms with Crippen LogP contribution >= 0.6 is 11.6 Å². The van der Waals surface area contributed by atoms with E-state index in [0.717, 1.165) is 0 Å². The molecule has 17 heavy (non-hydrogen) atoms. The van der Waals surface area contributed by atoms with Gasteiger partial charge in [0.1, 0.15) is 0 Å². The van der Waals surface area contributed by atoms with Crippen LogP contribution in [0.4, 0.5) is 5.82 Å². The summed E-state index contributed by atoms with van der Waals surface area (Å²) in [4.78, 5) is 11.0. The third kappa shape index (κ3) is 5.91. The number of ether oxygens (including phenoxy) is 1. The number of carbonyl (C=O) groups excluding carboxylic acids is 1. The number of carbonyl (C=O) groups is 1. The average Bonchev–Trinajstić information content (AvgIpc) is 2.31. The number of nitrogens with zero attached hydrogens (tertiary/aromatic N) is 4. The van der Waals surface area contributed by atoms with Crippen molar-refractivity contribution in [3.05, 3.63) is 17.3 Å². The lowest BCUT2D eigenvalue weighted by atomic mass is 10.3. The first-order chi connectivity index (χ1) is 8.22. The second-order valence-corrected chi connectivity index (χ2v) is 3.48. The van der Waals surface area contributed by atoms with Crippen molar-refractivity contribution >= 4 is 23.4 Å². The van der Waals surface area contributed by atoms with Crippen LogP contribution in [0.2, 0.25) is 5.15 Å². The largest absolute Gasteiger partial charge is 0.466 e. The predicted molar refractivity (Wildman–Crippen MR) is 62.3 cm³/mol. The summed E-state index contributed by atoms with van der Waals surface area (Å²) in [5.41, 5.74) is 0. The maximum absolute atomic E-state index is 11.0. The Morgan fingerprint density at radius 2 is 2.29 bits per heavy atom. The molecule has 0 saturated carbocycles. The number of hydrogen-bond acceptors (Lipinski definition) is 6. The summed E-state index contributed by atoms with van der Waals surface area (Å²) < 4.78 is 4.77. The maximum Gasteiger partial charge on any atom is 0.305 e. The highest BCUT2D eigenvalue weighted by atomic mass is 35.5. The van der Waals surface area contributed by atoms with Gasteiger partial charge in [-0.3, -0.25) is 4.79 Å². The van der Waals surface area contributed by atoms with Gasteiger partial charge in [0.05, 0.1) is 13.2 Å². The lowest BCUT2D eigenvalue weighted by Gasteiger charge is -1.98. The van der Waals surface area contributed by atoms with Crippen molar-refractivity contribution in [3.8, 4) is 0 Å². The third-order valence-electron chi connectivity index (χ3n) is 1.74. The van der Waals surface area contributed by atoms with Crippen molar-refractivity contribution in [1.29, 1.82) is 0 Å². The van der Waals surface area contributed by atoms with Gasteiger partial charge in [0.15, 0.2) is 11.0 Å². The standard InChI is InChI=1S/C10H13ClN4O2/c1-2-17-10(16)4-3-7-12-14-9-6-5-8(11)13-15-9/h5-6H,2-4,7H2,1H3. The lowest BCUT2D eigenvalue weighted by molar-refractivity contribution is -0.143. The summed E-state index contributed by atoms with van der Waals surface area (Å²) in [5.74, 6) is 0.180. The van der Waals surface area contributed by atoms with Gasteiger partial charge in [0.2, 0.25) is 0 Å². The Morgan fingerprint density at radius 3 is 2.94 bits per heavy atom. The van der Waals surface area contributed by atoms with E-state index in [4.69, 9.17) is 16.3 Å². The van der Waals surface area contributed by atoms with Gasteiger partial charge in [-0.25, -0.2) is 0 Å². The topological polar surface area (TPSA) is 76.8 Å². The van der Waals surface area contributed by atoms with Crippen LogP contribution in [0.1, 0.15) is 19.8 Å². The Hall–Kier alpha value is -1.56. The molecule has 0 N–H and O–H groups in total. The fourth-order valence-electron chi connectivity index (χ4n) is 1.01. The van der Waals surface area contributed by atoms with Crippen LogP contribution in [0.3, 0.4) is 0 Å². The van der Waals surface area contributed by atoms with Crippen molar-refractivity contribution in [2.24, 2.45) is 10.2 Å². The second-order valence-electron chi connectivity index (χ2n) is 3.09. The van der Waals surface area contributed by atoms with Crippen LogP contribution in [0.15, 0.2) is 22.4 Å². The minimum Gasteiger partial charge on any atom is -0.466 e. The number of azo groups is 1. The van der Waals surface area contributed by atoms with E-state index in [1.165, 1.54) is 0 Å². The maximum atomic E-state index is 11.0. The van der Waals surface area contributed by atoms with Crippen LogP contribution in [-0.4, -0.2) is 29.3 Å². The van der Waals surface area contributed by atoms with E-state index in [9.17, 15) is 4.79 Å². The van der Waals surface area contributed by atoms with Gasteiger partial charge in [0, 0.05) is 6.42 Å². The second kappa shape index (κ2) is 7.67. The molecule has 0 aliphatic rings. The Morgan fingerprint density at radius 1 is 1.47 bits per heavy atom. The van der Waals surface area contributed by atoms with E-state index in [0.29, 0.717) is 37.0 Å². The molecule has 0 unspecified atom stereocenters. The SMILES string of the molecule is CCOC(=O)CCCN=Nc1ccc(Cl)nn1. The smallest absolute Gasteiger partial charge is 0.305 e. The van der Waals surface area contributed by atoms with Crippen LogP contribution < -0.4 is 0 Å². The monoisotopic (exact) mass is 256 g/mol. The zero-order chi connectivity index (χ0) is 12.5. The molecule has 1 aromatic heterocycles. The quantitative estimate of drug-likeness (QED) is 0.445. The van der Waals surface area contributed by atoms with E-state index in [-0.39, 0.29) is 5.97 Å². The Kier molecular flexibility index (Phi) is 6.09. The molecule has 0 spiro atoms. The molecule has 0 aliphatic carbocycles. The fraction of sp³-hybridized carbons (Fsp3) is 0.500. The number of hydrogen-bond donors (Lipinski definition) is 0. The van der Waals surface area contributed by atoms with Crippen molar-refractivity contribution < 1.29 is 9.53 Å². The number of esters is 1. The predicted octanol–water partition coefficient (Wildman–Crippen LogP) is 2.56. The molecule has 0 aliphatic heterocycles. The molecule has 0 bridgehead atoms. The summed E-state index contributed by atoms with van der Waals surface area (Å²) in [6.45, 7) is 2.63. The fourth-order valence-corrected chi connectivity index (χ4v) is 1.11. The molecule has 6 nitrogen and oxygen atoms in total. The third-order valence-corrected chi connectivity index (χ3v) is 1.94. The van der Waals surface area contributed by atoms with Crippen molar-refractivity contribution in [2.75, 3.05) is 13.2 Å². The molecular weight excluding hydrogens is 244 g/mol. The molecule has 0 fully saturated rings. The van der Waals surface area contributed by atoms with E-state index in [2.05, 4.69) is 20.4 Å². The highest BCUT2D eigenvalue weighted by molar-refractivity contribution is 6.29. The first kappa shape index (κ1) is 13.5. The molecule has 1 rings (SSSR count). The highest BCUT2D eigenvalue weighted by Gasteiger charge is 1.99. The van der Waals surface area contributed by atoms with Crippen molar-refractivity contribution in [2.45, 2.75) is 19.8 Å².